The third-order valence-corrected chi connectivity index (χ3v) is 3.05. The molecule has 18 heavy (non-hydrogen) atoms. The number of methoxy groups -OCH3 is 2. The molecule has 0 saturated carbocycles. The summed E-state index contributed by atoms with van der Waals surface area (Å²) in [5, 5.41) is 13.4. The molecule has 0 aromatic heterocycles. The molecule has 102 valence electrons. The summed E-state index contributed by atoms with van der Waals surface area (Å²) in [7, 11) is 3.28. The Hall–Kier alpha value is -1.26. The molecule has 0 fully saturated rings. The van der Waals surface area contributed by atoms with Gasteiger partial charge in [0.1, 0.15) is 11.5 Å². The second kappa shape index (κ2) is 7.24. The van der Waals surface area contributed by atoms with Gasteiger partial charge >= 0.3 is 0 Å². The minimum atomic E-state index is 0.0657. The van der Waals surface area contributed by atoms with Crippen molar-refractivity contribution in [3.8, 4) is 11.5 Å². The maximum Gasteiger partial charge on any atom is 0.124 e. The fourth-order valence-electron chi connectivity index (χ4n) is 1.94. The Bertz CT molecular complexity index is 368. The van der Waals surface area contributed by atoms with Crippen molar-refractivity contribution in [3.05, 3.63) is 23.8 Å². The monoisotopic (exact) mass is 253 g/mol. The first-order chi connectivity index (χ1) is 8.62. The van der Waals surface area contributed by atoms with Crippen molar-refractivity contribution in [1.29, 1.82) is 0 Å². The summed E-state index contributed by atoms with van der Waals surface area (Å²) in [5.41, 5.74) is 0.866. The molecule has 1 aromatic rings. The number of ether oxygens (including phenoxy) is 2. The van der Waals surface area contributed by atoms with Gasteiger partial charge in [0, 0.05) is 30.8 Å². The van der Waals surface area contributed by atoms with Crippen molar-refractivity contribution >= 4 is 0 Å². The lowest BCUT2D eigenvalue weighted by Gasteiger charge is -2.22. The van der Waals surface area contributed by atoms with Crippen molar-refractivity contribution in [2.45, 2.75) is 32.4 Å². The van der Waals surface area contributed by atoms with Crippen LogP contribution in [0.25, 0.3) is 0 Å². The van der Waals surface area contributed by atoms with E-state index in [9.17, 15) is 5.11 Å². The van der Waals surface area contributed by atoms with Gasteiger partial charge in [0.2, 0.25) is 0 Å². The first-order valence-corrected chi connectivity index (χ1v) is 6.24. The first-order valence-electron chi connectivity index (χ1n) is 6.24. The molecule has 0 radical (unpaired) electrons. The number of benzene rings is 1. The predicted molar refractivity (Wildman–Crippen MR) is 72.2 cm³/mol. The smallest absolute Gasteiger partial charge is 0.124 e. The highest BCUT2D eigenvalue weighted by atomic mass is 16.5. The van der Waals surface area contributed by atoms with Gasteiger partial charge in [0.25, 0.3) is 0 Å². The van der Waals surface area contributed by atoms with E-state index in [1.165, 1.54) is 0 Å². The van der Waals surface area contributed by atoms with Crippen LogP contribution in [0.3, 0.4) is 0 Å². The molecule has 0 aliphatic rings. The molecule has 2 atom stereocenters. The SMILES string of the molecule is CCC(COC)NC(C)c1ccc(OC)cc1O. The highest BCUT2D eigenvalue weighted by molar-refractivity contribution is 5.41. The topological polar surface area (TPSA) is 50.7 Å². The molecule has 4 heteroatoms. The lowest BCUT2D eigenvalue weighted by molar-refractivity contribution is 0.159. The maximum absolute atomic E-state index is 9.96. The molecule has 0 saturated heterocycles. The summed E-state index contributed by atoms with van der Waals surface area (Å²) < 4.78 is 10.2. The fraction of sp³-hybridized carbons (Fsp3) is 0.571. The van der Waals surface area contributed by atoms with Crippen LogP contribution >= 0.6 is 0 Å². The molecular formula is C14H23NO3. The lowest BCUT2D eigenvalue weighted by atomic mass is 10.1. The molecular weight excluding hydrogens is 230 g/mol. The third kappa shape index (κ3) is 3.89. The predicted octanol–water partition coefficient (Wildman–Crippen LogP) is 2.48. The zero-order chi connectivity index (χ0) is 13.5. The van der Waals surface area contributed by atoms with E-state index in [-0.39, 0.29) is 17.8 Å². The van der Waals surface area contributed by atoms with E-state index in [0.29, 0.717) is 12.4 Å². The van der Waals surface area contributed by atoms with E-state index >= 15 is 0 Å². The van der Waals surface area contributed by atoms with Crippen LogP contribution in [-0.4, -0.2) is 32.0 Å². The molecule has 0 heterocycles. The maximum atomic E-state index is 9.96. The van der Waals surface area contributed by atoms with Crippen LogP contribution in [0.15, 0.2) is 18.2 Å². The number of rotatable bonds is 7. The quantitative estimate of drug-likeness (QED) is 0.784. The van der Waals surface area contributed by atoms with Crippen LogP contribution < -0.4 is 10.1 Å². The van der Waals surface area contributed by atoms with Crippen molar-refractivity contribution in [3.63, 3.8) is 0 Å². The molecule has 2 N–H and O–H groups in total. The Balaban J connectivity index is 2.74. The van der Waals surface area contributed by atoms with Gasteiger partial charge in [0.05, 0.1) is 13.7 Å². The summed E-state index contributed by atoms with van der Waals surface area (Å²) in [6.07, 6.45) is 0.981. The summed E-state index contributed by atoms with van der Waals surface area (Å²) in [4.78, 5) is 0. The Kier molecular flexibility index (Phi) is 5.95. The van der Waals surface area contributed by atoms with Crippen LogP contribution in [0.5, 0.6) is 11.5 Å². The third-order valence-electron chi connectivity index (χ3n) is 3.05. The number of hydrogen-bond donors (Lipinski definition) is 2. The standard InChI is InChI=1S/C14H23NO3/c1-5-11(9-17-3)15-10(2)13-7-6-12(18-4)8-14(13)16/h6-8,10-11,15-16H,5,9H2,1-4H3. The summed E-state index contributed by atoms with van der Waals surface area (Å²) >= 11 is 0. The summed E-state index contributed by atoms with van der Waals surface area (Å²) in [6, 6.07) is 5.71. The molecule has 2 unspecified atom stereocenters. The normalized spacial score (nSPS) is 14.2. The molecule has 0 amide bonds. The van der Waals surface area contributed by atoms with Crippen molar-refractivity contribution in [1.82, 2.24) is 5.32 Å². The molecule has 1 rings (SSSR count). The zero-order valence-corrected chi connectivity index (χ0v) is 11.6. The number of hydrogen-bond acceptors (Lipinski definition) is 4. The summed E-state index contributed by atoms with van der Waals surface area (Å²) in [6.45, 7) is 4.80. The molecule has 0 aliphatic heterocycles. The minimum absolute atomic E-state index is 0.0657. The van der Waals surface area contributed by atoms with Crippen LogP contribution in [0.2, 0.25) is 0 Å². The van der Waals surface area contributed by atoms with E-state index in [4.69, 9.17) is 9.47 Å². The Morgan fingerprint density at radius 1 is 1.33 bits per heavy atom. The highest BCUT2D eigenvalue weighted by Gasteiger charge is 2.15. The highest BCUT2D eigenvalue weighted by Crippen LogP contribution is 2.28. The average Bonchev–Trinajstić information content (AvgIpc) is 2.37. The van der Waals surface area contributed by atoms with Gasteiger partial charge < -0.3 is 19.9 Å². The Labute approximate surface area is 109 Å². The Morgan fingerprint density at radius 2 is 2.06 bits per heavy atom. The van der Waals surface area contributed by atoms with Gasteiger partial charge in [-0.2, -0.15) is 0 Å². The van der Waals surface area contributed by atoms with Gasteiger partial charge in [0.15, 0.2) is 0 Å². The van der Waals surface area contributed by atoms with E-state index in [0.717, 1.165) is 12.0 Å². The first kappa shape index (κ1) is 14.8. The van der Waals surface area contributed by atoms with E-state index in [1.807, 2.05) is 19.1 Å². The second-order valence-corrected chi connectivity index (χ2v) is 4.37. The largest absolute Gasteiger partial charge is 0.507 e. The average molecular weight is 253 g/mol. The van der Waals surface area contributed by atoms with E-state index < -0.39 is 0 Å². The van der Waals surface area contributed by atoms with Gasteiger partial charge in [-0.25, -0.2) is 0 Å². The molecule has 4 nitrogen and oxygen atoms in total. The number of nitrogens with one attached hydrogen (secondary N) is 1. The minimum Gasteiger partial charge on any atom is -0.507 e. The van der Waals surface area contributed by atoms with Crippen LogP contribution in [-0.2, 0) is 4.74 Å². The van der Waals surface area contributed by atoms with Crippen LogP contribution in [0.1, 0.15) is 31.9 Å². The van der Waals surface area contributed by atoms with Crippen LogP contribution in [0, 0.1) is 0 Å². The van der Waals surface area contributed by atoms with E-state index in [2.05, 4.69) is 12.2 Å². The van der Waals surface area contributed by atoms with Gasteiger partial charge in [-0.15, -0.1) is 0 Å². The summed E-state index contributed by atoms with van der Waals surface area (Å²) in [5.74, 6) is 0.911. The molecule has 0 bridgehead atoms. The second-order valence-electron chi connectivity index (χ2n) is 4.37. The molecule has 0 spiro atoms. The number of phenols is 1. The van der Waals surface area contributed by atoms with Gasteiger partial charge in [-0.1, -0.05) is 13.0 Å². The van der Waals surface area contributed by atoms with Crippen molar-refractivity contribution in [2.75, 3.05) is 20.8 Å². The molecule has 1 aromatic carbocycles. The Morgan fingerprint density at radius 3 is 2.56 bits per heavy atom. The number of aromatic hydroxyl groups is 1. The van der Waals surface area contributed by atoms with Crippen molar-refractivity contribution < 1.29 is 14.6 Å². The lowest BCUT2D eigenvalue weighted by Crippen LogP contribution is -2.34. The van der Waals surface area contributed by atoms with Crippen LogP contribution in [0.4, 0.5) is 0 Å². The van der Waals surface area contributed by atoms with Gasteiger partial charge in [-0.05, 0) is 19.4 Å². The molecule has 0 aliphatic carbocycles. The van der Waals surface area contributed by atoms with Gasteiger partial charge in [-0.3, -0.25) is 0 Å². The van der Waals surface area contributed by atoms with E-state index in [1.54, 1.807) is 20.3 Å². The van der Waals surface area contributed by atoms with Crippen molar-refractivity contribution in [2.24, 2.45) is 0 Å². The number of phenolic OH excluding ortho intramolecular Hbond substituents is 1. The fourth-order valence-corrected chi connectivity index (χ4v) is 1.94. The zero-order valence-electron chi connectivity index (χ0n) is 11.6.